The Kier molecular flexibility index (Phi) is 4.98. The quantitative estimate of drug-likeness (QED) is 0.756. The van der Waals surface area contributed by atoms with Crippen LogP contribution in [0.3, 0.4) is 0 Å². The third-order valence-corrected chi connectivity index (χ3v) is 4.46. The number of hydrogen-bond acceptors (Lipinski definition) is 4. The summed E-state index contributed by atoms with van der Waals surface area (Å²) >= 11 is 0. The smallest absolute Gasteiger partial charge is 0.325 e. The summed E-state index contributed by atoms with van der Waals surface area (Å²) in [5.41, 5.74) is -0.466. The summed E-state index contributed by atoms with van der Waals surface area (Å²) in [6, 6.07) is 8.64. The SMILES string of the molecule is Cc1ccc([C@]2(C)NC(=O)N(CC(=O)NCCc3ccc(F)cc3)C2=O)o1. The zero-order chi connectivity index (χ0) is 19.6. The maximum Gasteiger partial charge on any atom is 0.325 e. The van der Waals surface area contributed by atoms with Crippen LogP contribution in [0.25, 0.3) is 0 Å². The molecule has 2 heterocycles. The number of carbonyl (C=O) groups excluding carboxylic acids is 3. The van der Waals surface area contributed by atoms with Gasteiger partial charge in [0.2, 0.25) is 5.91 Å². The van der Waals surface area contributed by atoms with Crippen molar-refractivity contribution in [3.8, 4) is 0 Å². The highest BCUT2D eigenvalue weighted by Crippen LogP contribution is 2.29. The second-order valence-electron chi connectivity index (χ2n) is 6.58. The van der Waals surface area contributed by atoms with Crippen molar-refractivity contribution in [2.45, 2.75) is 25.8 Å². The minimum absolute atomic E-state index is 0.308. The van der Waals surface area contributed by atoms with Crippen LogP contribution < -0.4 is 10.6 Å². The van der Waals surface area contributed by atoms with E-state index in [2.05, 4.69) is 10.6 Å². The molecule has 2 aromatic rings. The Morgan fingerprint density at radius 3 is 2.56 bits per heavy atom. The van der Waals surface area contributed by atoms with Crippen LogP contribution >= 0.6 is 0 Å². The van der Waals surface area contributed by atoms with Crippen LogP contribution in [0.2, 0.25) is 0 Å². The molecule has 27 heavy (non-hydrogen) atoms. The number of halogens is 1. The van der Waals surface area contributed by atoms with Gasteiger partial charge in [0, 0.05) is 6.54 Å². The first-order valence-electron chi connectivity index (χ1n) is 8.52. The maximum absolute atomic E-state index is 12.9. The van der Waals surface area contributed by atoms with Crippen molar-refractivity contribution < 1.29 is 23.2 Å². The fourth-order valence-electron chi connectivity index (χ4n) is 2.91. The highest BCUT2D eigenvalue weighted by atomic mass is 19.1. The summed E-state index contributed by atoms with van der Waals surface area (Å²) in [7, 11) is 0. The zero-order valence-electron chi connectivity index (χ0n) is 15.0. The highest BCUT2D eigenvalue weighted by molar-refractivity contribution is 6.08. The van der Waals surface area contributed by atoms with Gasteiger partial charge >= 0.3 is 6.03 Å². The summed E-state index contributed by atoms with van der Waals surface area (Å²) in [6.45, 7) is 3.20. The van der Waals surface area contributed by atoms with E-state index in [1.165, 1.54) is 19.1 Å². The molecule has 1 aromatic carbocycles. The first kappa shape index (κ1) is 18.6. The number of nitrogens with zero attached hydrogens (tertiary/aromatic N) is 1. The molecule has 1 aliphatic heterocycles. The number of rotatable bonds is 6. The van der Waals surface area contributed by atoms with Crippen molar-refractivity contribution in [3.63, 3.8) is 0 Å². The number of nitrogens with one attached hydrogen (secondary N) is 2. The number of urea groups is 1. The molecule has 0 aliphatic carbocycles. The molecule has 1 aliphatic rings. The van der Waals surface area contributed by atoms with Gasteiger partial charge in [0.1, 0.15) is 23.9 Å². The molecule has 1 atom stereocenters. The van der Waals surface area contributed by atoms with E-state index in [0.29, 0.717) is 24.5 Å². The average Bonchev–Trinajstić information content (AvgIpc) is 3.15. The summed E-state index contributed by atoms with van der Waals surface area (Å²) in [6.07, 6.45) is 0.509. The van der Waals surface area contributed by atoms with Gasteiger partial charge in [0.05, 0.1) is 0 Å². The molecule has 1 saturated heterocycles. The van der Waals surface area contributed by atoms with Crippen LogP contribution in [0, 0.1) is 12.7 Å². The van der Waals surface area contributed by atoms with Gasteiger partial charge in [-0.3, -0.25) is 14.5 Å². The number of amides is 4. The Balaban J connectivity index is 1.56. The van der Waals surface area contributed by atoms with Crippen molar-refractivity contribution in [1.29, 1.82) is 0 Å². The van der Waals surface area contributed by atoms with Crippen LogP contribution in [-0.2, 0) is 21.5 Å². The zero-order valence-corrected chi connectivity index (χ0v) is 15.0. The lowest BCUT2D eigenvalue weighted by Crippen LogP contribution is -2.43. The molecule has 7 nitrogen and oxygen atoms in total. The van der Waals surface area contributed by atoms with E-state index >= 15 is 0 Å². The number of imide groups is 1. The normalized spacial score (nSPS) is 19.3. The summed E-state index contributed by atoms with van der Waals surface area (Å²) in [4.78, 5) is 37.8. The van der Waals surface area contributed by atoms with Gasteiger partial charge in [-0.2, -0.15) is 0 Å². The highest BCUT2D eigenvalue weighted by Gasteiger charge is 2.51. The predicted molar refractivity (Wildman–Crippen MR) is 94.2 cm³/mol. The molecule has 4 amide bonds. The lowest BCUT2D eigenvalue weighted by Gasteiger charge is -2.19. The van der Waals surface area contributed by atoms with Crippen LogP contribution in [0.1, 0.15) is 24.0 Å². The minimum atomic E-state index is -1.33. The summed E-state index contributed by atoms with van der Waals surface area (Å²) in [5.74, 6) is -0.394. The largest absolute Gasteiger partial charge is 0.463 e. The van der Waals surface area contributed by atoms with E-state index in [1.807, 2.05) is 0 Å². The number of hydrogen-bond donors (Lipinski definition) is 2. The van der Waals surface area contributed by atoms with Crippen molar-refractivity contribution in [1.82, 2.24) is 15.5 Å². The third kappa shape index (κ3) is 3.84. The van der Waals surface area contributed by atoms with Gasteiger partial charge in [-0.25, -0.2) is 9.18 Å². The standard InChI is InChI=1S/C19H20FN3O4/c1-12-3-8-15(27-12)19(2)17(25)23(18(26)22-19)11-16(24)21-10-9-13-4-6-14(20)7-5-13/h3-8H,9-11H2,1-2H3,(H,21,24)(H,22,26)/t19-/m0/s1. The van der Waals surface area contributed by atoms with Crippen LogP contribution in [-0.4, -0.2) is 35.8 Å². The third-order valence-electron chi connectivity index (χ3n) is 4.46. The Morgan fingerprint density at radius 1 is 1.22 bits per heavy atom. The van der Waals surface area contributed by atoms with Crippen molar-refractivity contribution in [2.24, 2.45) is 0 Å². The number of carbonyl (C=O) groups is 3. The van der Waals surface area contributed by atoms with Crippen molar-refractivity contribution in [2.75, 3.05) is 13.1 Å². The number of aryl methyl sites for hydroxylation is 1. The second kappa shape index (κ2) is 7.22. The van der Waals surface area contributed by atoms with Gasteiger partial charge in [0.15, 0.2) is 5.54 Å². The number of furan rings is 1. The molecule has 0 bridgehead atoms. The molecular formula is C19H20FN3O4. The fourth-order valence-corrected chi connectivity index (χ4v) is 2.91. The van der Waals surface area contributed by atoms with E-state index in [4.69, 9.17) is 4.42 Å². The van der Waals surface area contributed by atoms with E-state index < -0.39 is 23.4 Å². The van der Waals surface area contributed by atoms with E-state index in [-0.39, 0.29) is 12.4 Å². The molecule has 0 unspecified atom stereocenters. The number of benzene rings is 1. The molecule has 0 saturated carbocycles. The minimum Gasteiger partial charge on any atom is -0.463 e. The molecule has 142 valence electrons. The van der Waals surface area contributed by atoms with Crippen molar-refractivity contribution >= 4 is 17.8 Å². The first-order chi connectivity index (χ1) is 12.8. The Bertz CT molecular complexity index is 877. The van der Waals surface area contributed by atoms with Gasteiger partial charge in [0.25, 0.3) is 5.91 Å². The fraction of sp³-hybridized carbons (Fsp3) is 0.316. The molecule has 2 N–H and O–H groups in total. The van der Waals surface area contributed by atoms with Crippen molar-refractivity contribution in [3.05, 3.63) is 59.3 Å². The van der Waals surface area contributed by atoms with Gasteiger partial charge in [-0.15, -0.1) is 0 Å². The summed E-state index contributed by atoms with van der Waals surface area (Å²) in [5, 5.41) is 5.24. The molecule has 3 rings (SSSR count). The molecule has 0 spiro atoms. The summed E-state index contributed by atoms with van der Waals surface area (Å²) < 4.78 is 18.3. The predicted octanol–water partition coefficient (Wildman–Crippen LogP) is 1.85. The topological polar surface area (TPSA) is 91.7 Å². The van der Waals surface area contributed by atoms with E-state index in [1.54, 1.807) is 31.2 Å². The molecule has 1 fully saturated rings. The molecule has 1 aromatic heterocycles. The monoisotopic (exact) mass is 373 g/mol. The molecule has 0 radical (unpaired) electrons. The van der Waals surface area contributed by atoms with E-state index in [0.717, 1.165) is 10.5 Å². The van der Waals surface area contributed by atoms with Crippen LogP contribution in [0.15, 0.2) is 40.8 Å². The Hall–Kier alpha value is -3.16. The Labute approximate surface area is 155 Å². The molecule has 8 heteroatoms. The maximum atomic E-state index is 12.9. The lowest BCUT2D eigenvalue weighted by atomic mass is 9.99. The van der Waals surface area contributed by atoms with Gasteiger partial charge in [-0.1, -0.05) is 12.1 Å². The van der Waals surface area contributed by atoms with Gasteiger partial charge in [-0.05, 0) is 50.1 Å². The second-order valence-corrected chi connectivity index (χ2v) is 6.58. The lowest BCUT2D eigenvalue weighted by molar-refractivity contribution is -0.135. The van der Waals surface area contributed by atoms with Crippen LogP contribution in [0.4, 0.5) is 9.18 Å². The van der Waals surface area contributed by atoms with E-state index in [9.17, 15) is 18.8 Å². The Morgan fingerprint density at radius 2 is 1.93 bits per heavy atom. The van der Waals surface area contributed by atoms with Crippen LogP contribution in [0.5, 0.6) is 0 Å². The average molecular weight is 373 g/mol. The van der Waals surface area contributed by atoms with Gasteiger partial charge < -0.3 is 15.1 Å². The first-order valence-corrected chi connectivity index (χ1v) is 8.52. The molecular weight excluding hydrogens is 353 g/mol.